The number of amides is 2. The standard InChI is InChI=1S/C12H24N4O3/c1-15(2)8-9-3-5-16(6-4-9)12(19)14-7-10(13)11(17)18/h9-10H,3-8,13H2,1-2H3,(H,14,19)(H,17,18). The number of carbonyl (C=O) groups is 2. The average molecular weight is 272 g/mol. The summed E-state index contributed by atoms with van der Waals surface area (Å²) in [6.45, 7) is 2.43. The molecular weight excluding hydrogens is 248 g/mol. The Hall–Kier alpha value is -1.34. The number of hydrogen-bond donors (Lipinski definition) is 3. The summed E-state index contributed by atoms with van der Waals surface area (Å²) in [6, 6.07) is -1.27. The van der Waals surface area contributed by atoms with Crippen molar-refractivity contribution in [2.75, 3.05) is 40.3 Å². The molecule has 19 heavy (non-hydrogen) atoms. The zero-order valence-electron chi connectivity index (χ0n) is 11.6. The zero-order valence-corrected chi connectivity index (χ0v) is 11.6. The molecule has 1 aliphatic heterocycles. The predicted molar refractivity (Wildman–Crippen MR) is 71.9 cm³/mol. The third kappa shape index (κ3) is 5.44. The van der Waals surface area contributed by atoms with Gasteiger partial charge in [-0.05, 0) is 32.9 Å². The number of carboxylic acids is 1. The maximum absolute atomic E-state index is 11.8. The van der Waals surface area contributed by atoms with Gasteiger partial charge in [-0.2, -0.15) is 0 Å². The van der Waals surface area contributed by atoms with E-state index in [2.05, 4.69) is 10.2 Å². The summed E-state index contributed by atoms with van der Waals surface area (Å²) >= 11 is 0. The topological polar surface area (TPSA) is 98.9 Å². The molecule has 0 aromatic rings. The quantitative estimate of drug-likeness (QED) is 0.619. The minimum Gasteiger partial charge on any atom is -0.480 e. The molecule has 0 bridgehead atoms. The van der Waals surface area contributed by atoms with Crippen LogP contribution in [0.15, 0.2) is 0 Å². The average Bonchev–Trinajstić information content (AvgIpc) is 2.35. The van der Waals surface area contributed by atoms with E-state index in [0.29, 0.717) is 19.0 Å². The van der Waals surface area contributed by atoms with Crippen molar-refractivity contribution in [1.29, 1.82) is 0 Å². The van der Waals surface area contributed by atoms with E-state index >= 15 is 0 Å². The van der Waals surface area contributed by atoms with Gasteiger partial charge in [0.2, 0.25) is 0 Å². The van der Waals surface area contributed by atoms with Crippen molar-refractivity contribution in [2.24, 2.45) is 11.7 Å². The lowest BCUT2D eigenvalue weighted by atomic mass is 9.97. The predicted octanol–water partition coefficient (Wildman–Crippen LogP) is -0.618. The van der Waals surface area contributed by atoms with Gasteiger partial charge < -0.3 is 26.0 Å². The fraction of sp³-hybridized carbons (Fsp3) is 0.833. The Kier molecular flexibility index (Phi) is 6.04. The van der Waals surface area contributed by atoms with Gasteiger partial charge in [-0.1, -0.05) is 0 Å². The monoisotopic (exact) mass is 272 g/mol. The van der Waals surface area contributed by atoms with Crippen LogP contribution >= 0.6 is 0 Å². The number of rotatable bonds is 5. The summed E-state index contributed by atoms with van der Waals surface area (Å²) in [5.41, 5.74) is 5.33. The Labute approximate surface area is 113 Å². The lowest BCUT2D eigenvalue weighted by Gasteiger charge is -2.33. The fourth-order valence-electron chi connectivity index (χ4n) is 2.23. The molecule has 0 radical (unpaired) electrons. The maximum atomic E-state index is 11.8. The van der Waals surface area contributed by atoms with E-state index in [1.165, 1.54) is 0 Å². The molecule has 1 fully saturated rings. The van der Waals surface area contributed by atoms with E-state index in [1.54, 1.807) is 4.90 Å². The molecule has 4 N–H and O–H groups in total. The van der Waals surface area contributed by atoms with Gasteiger partial charge in [0.15, 0.2) is 0 Å². The summed E-state index contributed by atoms with van der Waals surface area (Å²) in [6.07, 6.45) is 1.97. The highest BCUT2D eigenvalue weighted by atomic mass is 16.4. The van der Waals surface area contributed by atoms with Crippen molar-refractivity contribution in [3.63, 3.8) is 0 Å². The van der Waals surface area contributed by atoms with Crippen LogP contribution in [-0.4, -0.2) is 73.2 Å². The number of carboxylic acid groups (broad SMARTS) is 1. The zero-order chi connectivity index (χ0) is 14.4. The normalized spacial score (nSPS) is 18.4. The smallest absolute Gasteiger partial charge is 0.322 e. The molecule has 1 atom stereocenters. The molecule has 1 rings (SSSR count). The van der Waals surface area contributed by atoms with E-state index in [1.807, 2.05) is 14.1 Å². The lowest BCUT2D eigenvalue weighted by molar-refractivity contribution is -0.138. The highest BCUT2D eigenvalue weighted by Crippen LogP contribution is 2.17. The number of likely N-dealkylation sites (tertiary alicyclic amines) is 1. The third-order valence-electron chi connectivity index (χ3n) is 3.32. The van der Waals surface area contributed by atoms with Crippen molar-refractivity contribution >= 4 is 12.0 Å². The van der Waals surface area contributed by atoms with Gasteiger partial charge in [0.25, 0.3) is 0 Å². The van der Waals surface area contributed by atoms with Crippen LogP contribution in [0.25, 0.3) is 0 Å². The highest BCUT2D eigenvalue weighted by molar-refractivity contribution is 5.77. The Morgan fingerprint density at radius 3 is 2.47 bits per heavy atom. The van der Waals surface area contributed by atoms with Crippen LogP contribution in [0.5, 0.6) is 0 Å². The van der Waals surface area contributed by atoms with Crippen LogP contribution in [0, 0.1) is 5.92 Å². The SMILES string of the molecule is CN(C)CC1CCN(C(=O)NCC(N)C(=O)O)CC1. The van der Waals surface area contributed by atoms with Gasteiger partial charge in [0, 0.05) is 26.2 Å². The lowest BCUT2D eigenvalue weighted by Crippen LogP contribution is -2.49. The highest BCUT2D eigenvalue weighted by Gasteiger charge is 2.23. The molecule has 0 aliphatic carbocycles. The molecule has 0 aromatic heterocycles. The van der Waals surface area contributed by atoms with E-state index in [9.17, 15) is 9.59 Å². The van der Waals surface area contributed by atoms with Gasteiger partial charge in [-0.25, -0.2) is 4.79 Å². The molecule has 1 saturated heterocycles. The molecule has 7 heteroatoms. The largest absolute Gasteiger partial charge is 0.480 e. The minimum absolute atomic E-state index is 0.0359. The van der Waals surface area contributed by atoms with E-state index < -0.39 is 12.0 Å². The maximum Gasteiger partial charge on any atom is 0.322 e. The Bertz CT molecular complexity index is 314. The van der Waals surface area contributed by atoms with Crippen LogP contribution < -0.4 is 11.1 Å². The molecule has 2 amide bonds. The molecule has 0 aromatic carbocycles. The molecular formula is C12H24N4O3. The molecule has 0 saturated carbocycles. The number of aliphatic carboxylic acids is 1. The first-order chi connectivity index (χ1) is 8.90. The second-order valence-corrected chi connectivity index (χ2v) is 5.32. The second kappa shape index (κ2) is 7.30. The van der Waals surface area contributed by atoms with E-state index in [4.69, 9.17) is 10.8 Å². The van der Waals surface area contributed by atoms with Gasteiger partial charge in [0.1, 0.15) is 6.04 Å². The summed E-state index contributed by atoms with van der Waals surface area (Å²) < 4.78 is 0. The first kappa shape index (κ1) is 15.7. The van der Waals surface area contributed by atoms with E-state index in [0.717, 1.165) is 19.4 Å². The summed E-state index contributed by atoms with van der Waals surface area (Å²) in [7, 11) is 4.10. The number of nitrogens with zero attached hydrogens (tertiary/aromatic N) is 2. The second-order valence-electron chi connectivity index (χ2n) is 5.32. The van der Waals surface area contributed by atoms with Gasteiger partial charge >= 0.3 is 12.0 Å². The van der Waals surface area contributed by atoms with Crippen LogP contribution in [-0.2, 0) is 4.79 Å². The van der Waals surface area contributed by atoms with Gasteiger partial charge in [0.05, 0.1) is 0 Å². The van der Waals surface area contributed by atoms with Crippen molar-refractivity contribution in [2.45, 2.75) is 18.9 Å². The van der Waals surface area contributed by atoms with Crippen LogP contribution in [0.2, 0.25) is 0 Å². The number of hydrogen-bond acceptors (Lipinski definition) is 4. The number of nitrogens with two attached hydrogens (primary N) is 1. The summed E-state index contributed by atoms with van der Waals surface area (Å²) in [5, 5.41) is 11.2. The Morgan fingerprint density at radius 1 is 1.42 bits per heavy atom. The number of urea groups is 1. The molecule has 7 nitrogen and oxygen atoms in total. The molecule has 0 spiro atoms. The molecule has 1 heterocycles. The minimum atomic E-state index is -1.11. The third-order valence-corrected chi connectivity index (χ3v) is 3.32. The van der Waals surface area contributed by atoms with Crippen LogP contribution in [0.1, 0.15) is 12.8 Å². The van der Waals surface area contributed by atoms with Crippen LogP contribution in [0.4, 0.5) is 4.79 Å². The first-order valence-corrected chi connectivity index (χ1v) is 6.56. The number of nitrogens with one attached hydrogen (secondary N) is 1. The van der Waals surface area contributed by atoms with Crippen molar-refractivity contribution in [1.82, 2.24) is 15.1 Å². The summed E-state index contributed by atoms with van der Waals surface area (Å²) in [5.74, 6) is -0.481. The van der Waals surface area contributed by atoms with Crippen molar-refractivity contribution in [3.05, 3.63) is 0 Å². The first-order valence-electron chi connectivity index (χ1n) is 6.56. The fourth-order valence-corrected chi connectivity index (χ4v) is 2.23. The van der Waals surface area contributed by atoms with E-state index in [-0.39, 0.29) is 12.6 Å². The summed E-state index contributed by atoms with van der Waals surface area (Å²) in [4.78, 5) is 26.2. The molecule has 1 aliphatic rings. The molecule has 110 valence electrons. The molecule has 1 unspecified atom stereocenters. The van der Waals surface area contributed by atoms with Gasteiger partial charge in [-0.15, -0.1) is 0 Å². The van der Waals surface area contributed by atoms with Crippen LogP contribution in [0.3, 0.4) is 0 Å². The van der Waals surface area contributed by atoms with Crippen molar-refractivity contribution in [3.8, 4) is 0 Å². The Morgan fingerprint density at radius 2 is 2.00 bits per heavy atom. The number of carbonyl (C=O) groups excluding carboxylic acids is 1. The van der Waals surface area contributed by atoms with Gasteiger partial charge in [-0.3, -0.25) is 4.79 Å². The Balaban J connectivity index is 2.27. The van der Waals surface area contributed by atoms with Crippen molar-refractivity contribution < 1.29 is 14.7 Å². The number of piperidine rings is 1.